The molecule has 1 amide bonds. The predicted molar refractivity (Wildman–Crippen MR) is 92.0 cm³/mol. The Morgan fingerprint density at radius 1 is 1.19 bits per heavy atom. The van der Waals surface area contributed by atoms with Crippen LogP contribution in [0.1, 0.15) is 53.1 Å². The predicted octanol–water partition coefficient (Wildman–Crippen LogP) is 3.85. The number of unbranched alkanes of at least 4 members (excludes halogenated alkanes) is 1. The summed E-state index contributed by atoms with van der Waals surface area (Å²) in [6.45, 7) is 5.00. The van der Waals surface area contributed by atoms with Gasteiger partial charge in [-0.1, -0.05) is 13.3 Å². The number of benzene rings is 1. The first kappa shape index (κ1) is 20.5. The first-order chi connectivity index (χ1) is 12.7. The van der Waals surface area contributed by atoms with Gasteiger partial charge in [-0.3, -0.25) is 4.79 Å². The molecule has 1 aromatic heterocycles. The molecule has 6 nitrogen and oxygen atoms in total. The molecule has 1 heterocycles. The Morgan fingerprint density at radius 3 is 2.30 bits per heavy atom. The van der Waals surface area contributed by atoms with E-state index in [0.29, 0.717) is 29.5 Å². The number of aromatic nitrogens is 2. The van der Waals surface area contributed by atoms with Crippen LogP contribution in [0.25, 0.3) is 5.69 Å². The van der Waals surface area contributed by atoms with E-state index < -0.39 is 23.4 Å². The zero-order valence-electron chi connectivity index (χ0n) is 15.0. The minimum atomic E-state index is -4.89. The molecule has 0 aliphatic rings. The molecule has 0 aliphatic carbocycles. The van der Waals surface area contributed by atoms with Crippen LogP contribution >= 0.6 is 0 Å². The van der Waals surface area contributed by atoms with Gasteiger partial charge in [0, 0.05) is 18.7 Å². The van der Waals surface area contributed by atoms with Gasteiger partial charge in [0.05, 0.1) is 11.9 Å². The molecule has 0 fully saturated rings. The number of carboxylic acids is 1. The van der Waals surface area contributed by atoms with E-state index in [1.807, 2.05) is 13.8 Å². The molecule has 0 aliphatic heterocycles. The van der Waals surface area contributed by atoms with Crippen LogP contribution in [0.15, 0.2) is 30.5 Å². The molecular weight excluding hydrogens is 363 g/mol. The Morgan fingerprint density at radius 2 is 1.81 bits per heavy atom. The third-order valence-corrected chi connectivity index (χ3v) is 4.08. The Bertz CT molecular complexity index is 813. The summed E-state index contributed by atoms with van der Waals surface area (Å²) in [6, 6.07) is 5.45. The summed E-state index contributed by atoms with van der Waals surface area (Å²) in [7, 11) is 0. The van der Waals surface area contributed by atoms with Crippen LogP contribution in [0.5, 0.6) is 0 Å². The number of hydrogen-bond donors (Lipinski definition) is 1. The third kappa shape index (κ3) is 4.47. The van der Waals surface area contributed by atoms with E-state index in [2.05, 4.69) is 5.10 Å². The monoisotopic (exact) mass is 383 g/mol. The number of carbonyl (C=O) groups excluding carboxylic acids is 1. The van der Waals surface area contributed by atoms with Crippen LogP contribution in [-0.2, 0) is 6.18 Å². The normalized spacial score (nSPS) is 11.4. The van der Waals surface area contributed by atoms with Crippen LogP contribution < -0.4 is 0 Å². The summed E-state index contributed by atoms with van der Waals surface area (Å²) >= 11 is 0. The van der Waals surface area contributed by atoms with Gasteiger partial charge < -0.3 is 10.0 Å². The van der Waals surface area contributed by atoms with Crippen molar-refractivity contribution in [1.82, 2.24) is 14.7 Å². The fraction of sp³-hybridized carbons (Fsp3) is 0.389. The molecular formula is C18H20F3N3O3. The molecule has 9 heteroatoms. The van der Waals surface area contributed by atoms with Crippen LogP contribution in [0.3, 0.4) is 0 Å². The maximum atomic E-state index is 13.3. The van der Waals surface area contributed by atoms with Crippen molar-refractivity contribution in [2.24, 2.45) is 0 Å². The molecule has 146 valence electrons. The van der Waals surface area contributed by atoms with Gasteiger partial charge in [-0.15, -0.1) is 0 Å². The molecule has 0 spiro atoms. The maximum absolute atomic E-state index is 13.3. The zero-order chi connectivity index (χ0) is 20.2. The van der Waals surface area contributed by atoms with Gasteiger partial charge in [-0.05, 0) is 37.6 Å². The highest BCUT2D eigenvalue weighted by Gasteiger charge is 2.40. The van der Waals surface area contributed by atoms with Gasteiger partial charge in [-0.2, -0.15) is 18.3 Å². The minimum Gasteiger partial charge on any atom is -0.478 e. The van der Waals surface area contributed by atoms with Gasteiger partial charge in [0.1, 0.15) is 5.56 Å². The summed E-state index contributed by atoms with van der Waals surface area (Å²) in [4.78, 5) is 25.2. The topological polar surface area (TPSA) is 75.4 Å². The van der Waals surface area contributed by atoms with Gasteiger partial charge >= 0.3 is 12.1 Å². The fourth-order valence-electron chi connectivity index (χ4n) is 2.65. The van der Waals surface area contributed by atoms with Crippen molar-refractivity contribution < 1.29 is 27.9 Å². The van der Waals surface area contributed by atoms with E-state index in [0.717, 1.165) is 12.8 Å². The summed E-state index contributed by atoms with van der Waals surface area (Å²) < 4.78 is 40.4. The molecule has 0 radical (unpaired) electrons. The van der Waals surface area contributed by atoms with Crippen molar-refractivity contribution in [1.29, 1.82) is 0 Å². The van der Waals surface area contributed by atoms with Gasteiger partial charge in [0.2, 0.25) is 0 Å². The second-order valence-electron chi connectivity index (χ2n) is 5.91. The number of aromatic carboxylic acids is 1. The summed E-state index contributed by atoms with van der Waals surface area (Å²) in [5, 5.41) is 12.5. The smallest absolute Gasteiger partial charge is 0.434 e. The number of carbonyl (C=O) groups is 2. The van der Waals surface area contributed by atoms with Gasteiger partial charge in [0.15, 0.2) is 5.69 Å². The van der Waals surface area contributed by atoms with Crippen molar-refractivity contribution in [3.8, 4) is 5.69 Å². The van der Waals surface area contributed by atoms with Crippen molar-refractivity contribution in [2.45, 2.75) is 32.9 Å². The van der Waals surface area contributed by atoms with E-state index in [9.17, 15) is 22.8 Å². The number of nitrogens with zero attached hydrogens (tertiary/aromatic N) is 3. The summed E-state index contributed by atoms with van der Waals surface area (Å²) in [5.74, 6) is -1.92. The molecule has 0 saturated heterocycles. The van der Waals surface area contributed by atoms with Crippen molar-refractivity contribution in [3.63, 3.8) is 0 Å². The summed E-state index contributed by atoms with van der Waals surface area (Å²) in [5.41, 5.74) is -1.94. The van der Waals surface area contributed by atoms with Crippen molar-refractivity contribution in [3.05, 3.63) is 47.3 Å². The van der Waals surface area contributed by atoms with Crippen molar-refractivity contribution >= 4 is 11.9 Å². The Hall–Kier alpha value is -2.84. The highest BCUT2D eigenvalue weighted by atomic mass is 19.4. The van der Waals surface area contributed by atoms with E-state index in [1.54, 1.807) is 4.90 Å². The molecule has 0 atom stereocenters. The van der Waals surface area contributed by atoms with E-state index in [-0.39, 0.29) is 11.6 Å². The first-order valence-corrected chi connectivity index (χ1v) is 8.48. The highest BCUT2D eigenvalue weighted by Crippen LogP contribution is 2.33. The molecule has 2 aromatic rings. The lowest BCUT2D eigenvalue weighted by atomic mass is 10.1. The second kappa shape index (κ2) is 8.24. The number of hydrogen-bond acceptors (Lipinski definition) is 3. The van der Waals surface area contributed by atoms with E-state index in [1.165, 1.54) is 24.3 Å². The number of rotatable bonds is 7. The third-order valence-electron chi connectivity index (χ3n) is 4.08. The molecule has 1 N–H and O–H groups in total. The molecule has 0 unspecified atom stereocenters. The van der Waals surface area contributed by atoms with Gasteiger partial charge in [-0.25, -0.2) is 9.48 Å². The van der Waals surface area contributed by atoms with Gasteiger partial charge in [0.25, 0.3) is 5.91 Å². The SMILES string of the molecule is CCCCN(CC)C(=O)c1ccc(-n2ncc(C(=O)O)c2C(F)(F)F)cc1. The molecule has 1 aromatic carbocycles. The molecule has 2 rings (SSSR count). The van der Waals surface area contributed by atoms with Crippen molar-refractivity contribution in [2.75, 3.05) is 13.1 Å². The van der Waals surface area contributed by atoms with Crippen LogP contribution in [0, 0.1) is 0 Å². The van der Waals surface area contributed by atoms with Crippen LogP contribution in [-0.4, -0.2) is 44.8 Å². The quantitative estimate of drug-likeness (QED) is 0.788. The lowest BCUT2D eigenvalue weighted by Crippen LogP contribution is -2.31. The highest BCUT2D eigenvalue weighted by molar-refractivity contribution is 5.94. The fourth-order valence-corrected chi connectivity index (χ4v) is 2.65. The Labute approximate surface area is 154 Å². The number of amides is 1. The Balaban J connectivity index is 2.36. The molecule has 27 heavy (non-hydrogen) atoms. The van der Waals surface area contributed by atoms with E-state index in [4.69, 9.17) is 5.11 Å². The number of halogens is 3. The lowest BCUT2D eigenvalue weighted by molar-refractivity contribution is -0.143. The Kier molecular flexibility index (Phi) is 6.24. The van der Waals surface area contributed by atoms with Crippen LogP contribution in [0.4, 0.5) is 13.2 Å². The second-order valence-corrected chi connectivity index (χ2v) is 5.91. The molecule has 0 saturated carbocycles. The standard InChI is InChI=1S/C18H20F3N3O3/c1-3-5-10-23(4-2)16(25)12-6-8-13(9-7-12)24-15(18(19,20)21)14(11-22-24)17(26)27/h6-9,11H,3-5,10H2,1-2H3,(H,26,27). The van der Waals surface area contributed by atoms with E-state index >= 15 is 0 Å². The number of alkyl halides is 3. The average molecular weight is 383 g/mol. The minimum absolute atomic E-state index is 0.0166. The lowest BCUT2D eigenvalue weighted by Gasteiger charge is -2.20. The van der Waals surface area contributed by atoms with Crippen LogP contribution in [0.2, 0.25) is 0 Å². The molecule has 0 bridgehead atoms. The maximum Gasteiger partial charge on any atom is 0.434 e. The average Bonchev–Trinajstić information content (AvgIpc) is 3.08. The largest absolute Gasteiger partial charge is 0.478 e. The number of carboxylic acid groups (broad SMARTS) is 1. The summed E-state index contributed by atoms with van der Waals surface area (Å²) in [6.07, 6.45) is -2.43. The zero-order valence-corrected chi connectivity index (χ0v) is 15.0. The first-order valence-electron chi connectivity index (χ1n) is 8.48.